The van der Waals surface area contributed by atoms with E-state index in [9.17, 15) is 0 Å². The normalized spacial score (nSPS) is 12.3. The Morgan fingerprint density at radius 1 is 1.47 bits per heavy atom. The third-order valence-corrected chi connectivity index (χ3v) is 2.33. The minimum atomic E-state index is 0.387. The number of hydrogen-bond donors (Lipinski definition) is 1. The molecule has 0 aliphatic heterocycles. The van der Waals surface area contributed by atoms with Crippen LogP contribution in [0.4, 0.5) is 5.69 Å². The first-order chi connectivity index (χ1) is 7.17. The molecule has 0 aliphatic rings. The predicted molar refractivity (Wildman–Crippen MR) is 64.8 cm³/mol. The summed E-state index contributed by atoms with van der Waals surface area (Å²) in [5.74, 6) is 0. The van der Waals surface area contributed by atoms with Gasteiger partial charge in [-0.15, -0.1) is 0 Å². The molecular formula is C11H10BrN3. The first kappa shape index (κ1) is 11.5. The van der Waals surface area contributed by atoms with Crippen LogP contribution in [0.1, 0.15) is 6.92 Å². The highest BCUT2D eigenvalue weighted by Crippen LogP contribution is 2.17. The number of nitriles is 1. The van der Waals surface area contributed by atoms with E-state index in [-0.39, 0.29) is 0 Å². The number of halogens is 1. The van der Waals surface area contributed by atoms with Crippen LogP contribution < -0.4 is 5.73 Å². The number of hydrogen-bond acceptors (Lipinski definition) is 3. The van der Waals surface area contributed by atoms with Gasteiger partial charge >= 0.3 is 0 Å². The molecule has 0 atom stereocenters. The maximum Gasteiger partial charge on any atom is 0.103 e. The average Bonchev–Trinajstić information content (AvgIpc) is 2.23. The molecule has 4 heteroatoms. The summed E-state index contributed by atoms with van der Waals surface area (Å²) in [5, 5.41) is 8.73. The maximum atomic E-state index is 8.73. The van der Waals surface area contributed by atoms with Gasteiger partial charge in [-0.2, -0.15) is 5.26 Å². The summed E-state index contributed by atoms with van der Waals surface area (Å²) in [6.45, 7) is 1.75. The van der Waals surface area contributed by atoms with Gasteiger partial charge in [0.05, 0.1) is 17.0 Å². The van der Waals surface area contributed by atoms with Gasteiger partial charge in [-0.05, 0) is 31.2 Å². The van der Waals surface area contributed by atoms with Crippen LogP contribution in [-0.4, -0.2) is 5.71 Å². The summed E-state index contributed by atoms with van der Waals surface area (Å²) in [7, 11) is 0. The van der Waals surface area contributed by atoms with Crippen molar-refractivity contribution in [2.24, 2.45) is 10.7 Å². The third kappa shape index (κ3) is 3.22. The highest BCUT2D eigenvalue weighted by Gasteiger charge is 1.99. The van der Waals surface area contributed by atoms with Gasteiger partial charge in [0.2, 0.25) is 0 Å². The lowest BCUT2D eigenvalue weighted by atomic mass is 10.2. The molecule has 76 valence electrons. The average molecular weight is 264 g/mol. The van der Waals surface area contributed by atoms with E-state index >= 15 is 0 Å². The first-order valence-electron chi connectivity index (χ1n) is 4.30. The number of benzene rings is 1. The van der Waals surface area contributed by atoms with E-state index in [4.69, 9.17) is 11.0 Å². The van der Waals surface area contributed by atoms with Crippen LogP contribution in [-0.2, 0) is 0 Å². The molecule has 0 saturated carbocycles. The standard InChI is InChI=1S/C11H10BrN3/c1-8(9(6-13)7-14)15-11-4-2-10(12)3-5-11/h2-6H,13H2,1H3. The number of allylic oxidation sites excluding steroid dienone is 1. The predicted octanol–water partition coefficient (Wildman–Crippen LogP) is 2.91. The minimum absolute atomic E-state index is 0.387. The lowest BCUT2D eigenvalue weighted by molar-refractivity contribution is 1.43. The van der Waals surface area contributed by atoms with E-state index < -0.39 is 0 Å². The molecule has 0 spiro atoms. The van der Waals surface area contributed by atoms with Gasteiger partial charge in [0, 0.05) is 10.7 Å². The second-order valence-electron chi connectivity index (χ2n) is 2.87. The van der Waals surface area contributed by atoms with Gasteiger partial charge in [-0.1, -0.05) is 15.9 Å². The quantitative estimate of drug-likeness (QED) is 0.659. The summed E-state index contributed by atoms with van der Waals surface area (Å²) in [6.07, 6.45) is 1.26. The van der Waals surface area contributed by atoms with E-state index in [1.54, 1.807) is 6.92 Å². The number of rotatable bonds is 2. The van der Waals surface area contributed by atoms with Crippen molar-refractivity contribution in [1.82, 2.24) is 0 Å². The number of nitrogens with two attached hydrogens (primary N) is 1. The van der Waals surface area contributed by atoms with Crippen LogP contribution in [0.5, 0.6) is 0 Å². The van der Waals surface area contributed by atoms with Gasteiger partial charge in [-0.25, -0.2) is 0 Å². The first-order valence-corrected chi connectivity index (χ1v) is 5.10. The summed E-state index contributed by atoms with van der Waals surface area (Å²) in [4.78, 5) is 4.27. The van der Waals surface area contributed by atoms with Crippen LogP contribution in [0.15, 0.2) is 45.5 Å². The van der Waals surface area contributed by atoms with Gasteiger partial charge in [0.1, 0.15) is 6.07 Å². The van der Waals surface area contributed by atoms with Crippen molar-refractivity contribution in [2.45, 2.75) is 6.92 Å². The Kier molecular flexibility index (Phi) is 4.07. The highest BCUT2D eigenvalue weighted by molar-refractivity contribution is 9.10. The van der Waals surface area contributed by atoms with Crippen LogP contribution in [0.2, 0.25) is 0 Å². The molecule has 1 aromatic carbocycles. The highest BCUT2D eigenvalue weighted by atomic mass is 79.9. The summed E-state index contributed by atoms with van der Waals surface area (Å²) < 4.78 is 0.994. The van der Waals surface area contributed by atoms with Crippen molar-refractivity contribution in [3.63, 3.8) is 0 Å². The Morgan fingerprint density at radius 3 is 2.53 bits per heavy atom. The van der Waals surface area contributed by atoms with Crippen molar-refractivity contribution in [1.29, 1.82) is 5.26 Å². The van der Waals surface area contributed by atoms with Crippen molar-refractivity contribution in [3.8, 4) is 6.07 Å². The topological polar surface area (TPSA) is 62.2 Å². The van der Waals surface area contributed by atoms with Crippen molar-refractivity contribution < 1.29 is 0 Å². The summed E-state index contributed by atoms with van der Waals surface area (Å²) in [5.41, 5.74) is 7.09. The zero-order valence-corrected chi connectivity index (χ0v) is 9.82. The molecule has 0 aliphatic carbocycles. The maximum absolute atomic E-state index is 8.73. The van der Waals surface area contributed by atoms with Crippen molar-refractivity contribution in [3.05, 3.63) is 40.5 Å². The molecule has 1 rings (SSSR count). The molecular weight excluding hydrogens is 254 g/mol. The van der Waals surface area contributed by atoms with E-state index in [0.29, 0.717) is 11.3 Å². The molecule has 15 heavy (non-hydrogen) atoms. The second-order valence-corrected chi connectivity index (χ2v) is 3.78. The summed E-state index contributed by atoms with van der Waals surface area (Å²) >= 11 is 3.34. The molecule has 0 bridgehead atoms. The fraction of sp³-hybridized carbons (Fsp3) is 0.0909. The lowest BCUT2D eigenvalue weighted by Crippen LogP contribution is -1.97. The largest absolute Gasteiger partial charge is 0.403 e. The molecule has 0 unspecified atom stereocenters. The Morgan fingerprint density at radius 2 is 2.07 bits per heavy atom. The Hall–Kier alpha value is -1.60. The smallest absolute Gasteiger partial charge is 0.103 e. The molecule has 0 radical (unpaired) electrons. The second kappa shape index (κ2) is 5.32. The van der Waals surface area contributed by atoms with Crippen LogP contribution in [0.3, 0.4) is 0 Å². The fourth-order valence-corrected chi connectivity index (χ4v) is 1.27. The van der Waals surface area contributed by atoms with Crippen molar-refractivity contribution in [2.75, 3.05) is 0 Å². The lowest BCUT2D eigenvalue weighted by Gasteiger charge is -1.98. The van der Waals surface area contributed by atoms with Crippen LogP contribution in [0.25, 0.3) is 0 Å². The van der Waals surface area contributed by atoms with E-state index in [1.165, 1.54) is 6.20 Å². The fourth-order valence-electron chi connectivity index (χ4n) is 1.01. The van der Waals surface area contributed by atoms with Gasteiger partial charge in [0.25, 0.3) is 0 Å². The van der Waals surface area contributed by atoms with Gasteiger partial charge in [-0.3, -0.25) is 4.99 Å². The number of aliphatic imine (C=N–C) groups is 1. The van der Waals surface area contributed by atoms with E-state index in [1.807, 2.05) is 30.3 Å². The zero-order chi connectivity index (χ0) is 11.3. The molecule has 0 aromatic heterocycles. The Labute approximate surface area is 97.1 Å². The Balaban J connectivity index is 2.98. The minimum Gasteiger partial charge on any atom is -0.403 e. The molecule has 1 aromatic rings. The van der Waals surface area contributed by atoms with Gasteiger partial charge in [0.15, 0.2) is 0 Å². The molecule has 0 saturated heterocycles. The molecule has 0 heterocycles. The van der Waals surface area contributed by atoms with Gasteiger partial charge < -0.3 is 5.73 Å². The third-order valence-electron chi connectivity index (χ3n) is 1.80. The molecule has 0 fully saturated rings. The Bertz CT molecular complexity index is 438. The van der Waals surface area contributed by atoms with E-state index in [0.717, 1.165) is 10.2 Å². The molecule has 2 N–H and O–H groups in total. The van der Waals surface area contributed by atoms with Crippen LogP contribution >= 0.6 is 15.9 Å². The van der Waals surface area contributed by atoms with Crippen molar-refractivity contribution >= 4 is 27.3 Å². The zero-order valence-electron chi connectivity index (χ0n) is 8.24. The summed E-state index contributed by atoms with van der Waals surface area (Å²) in [6, 6.07) is 9.49. The molecule has 3 nitrogen and oxygen atoms in total. The SMILES string of the molecule is CC(=Nc1ccc(Br)cc1)C(C#N)=CN. The number of nitrogens with zero attached hydrogens (tertiary/aromatic N) is 2. The van der Waals surface area contributed by atoms with Crippen LogP contribution in [0, 0.1) is 11.3 Å². The molecule has 0 amide bonds. The van der Waals surface area contributed by atoms with E-state index in [2.05, 4.69) is 20.9 Å². The monoisotopic (exact) mass is 263 g/mol.